The summed E-state index contributed by atoms with van der Waals surface area (Å²) >= 11 is 1.73. The van der Waals surface area contributed by atoms with Gasteiger partial charge in [-0.3, -0.25) is 14.7 Å². The minimum absolute atomic E-state index is 0.198. The van der Waals surface area contributed by atoms with Crippen molar-refractivity contribution in [1.82, 2.24) is 25.8 Å². The first-order valence-electron chi connectivity index (χ1n) is 10.6. The molecule has 1 aromatic heterocycles. The molecular weight excluding hydrogens is 372 g/mol. The Bertz CT molecular complexity index is 649. The van der Waals surface area contributed by atoms with Crippen molar-refractivity contribution in [2.24, 2.45) is 16.8 Å². The van der Waals surface area contributed by atoms with E-state index >= 15 is 0 Å². The van der Waals surface area contributed by atoms with Gasteiger partial charge < -0.3 is 16.0 Å². The second kappa shape index (κ2) is 10.8. The number of likely N-dealkylation sites (tertiary alicyclic amines) is 1. The number of aromatic nitrogens is 1. The standard InChI is InChI=1S/C20H34N6OS/c1-3-21-20(23-9-8-22-19(27)17-4-5-17)24-12-16-6-10-26(11-7-16)13-18-14-28-15(2)25-18/h14,16-17H,3-13H2,1-2H3,(H,22,27)(H2,21,23,24). The lowest BCUT2D eigenvalue weighted by atomic mass is 9.97. The normalized spacial score (nSPS) is 18.9. The molecule has 2 heterocycles. The van der Waals surface area contributed by atoms with Gasteiger partial charge in [0.2, 0.25) is 5.91 Å². The zero-order valence-corrected chi connectivity index (χ0v) is 18.0. The summed E-state index contributed by atoms with van der Waals surface area (Å²) in [6, 6.07) is 0. The molecule has 7 nitrogen and oxygen atoms in total. The van der Waals surface area contributed by atoms with E-state index in [0.717, 1.165) is 56.5 Å². The van der Waals surface area contributed by atoms with Crippen molar-refractivity contribution in [3.63, 3.8) is 0 Å². The number of hydrogen-bond donors (Lipinski definition) is 3. The van der Waals surface area contributed by atoms with Crippen molar-refractivity contribution in [2.45, 2.75) is 46.1 Å². The molecule has 3 N–H and O–H groups in total. The molecule has 1 saturated heterocycles. The van der Waals surface area contributed by atoms with Gasteiger partial charge in [-0.15, -0.1) is 11.3 Å². The highest BCUT2D eigenvalue weighted by atomic mass is 32.1. The number of nitrogens with one attached hydrogen (secondary N) is 3. The minimum Gasteiger partial charge on any atom is -0.357 e. The summed E-state index contributed by atoms with van der Waals surface area (Å²) in [4.78, 5) is 23.5. The first kappa shape index (κ1) is 21.0. The number of thiazole rings is 1. The van der Waals surface area contributed by atoms with Crippen molar-refractivity contribution < 1.29 is 4.79 Å². The largest absolute Gasteiger partial charge is 0.357 e. The summed E-state index contributed by atoms with van der Waals surface area (Å²) in [7, 11) is 0. The fourth-order valence-corrected chi connectivity index (χ4v) is 4.06. The predicted octanol–water partition coefficient (Wildman–Crippen LogP) is 1.74. The monoisotopic (exact) mass is 406 g/mol. The van der Waals surface area contributed by atoms with Crippen LogP contribution >= 0.6 is 11.3 Å². The van der Waals surface area contributed by atoms with E-state index in [1.165, 1.54) is 18.5 Å². The fraction of sp³-hybridized carbons (Fsp3) is 0.750. The van der Waals surface area contributed by atoms with Crippen LogP contribution in [0, 0.1) is 18.8 Å². The van der Waals surface area contributed by atoms with E-state index in [9.17, 15) is 4.79 Å². The minimum atomic E-state index is 0.198. The molecule has 156 valence electrons. The maximum Gasteiger partial charge on any atom is 0.223 e. The van der Waals surface area contributed by atoms with Crippen molar-refractivity contribution >= 4 is 23.2 Å². The molecule has 0 spiro atoms. The second-order valence-corrected chi connectivity index (χ2v) is 8.85. The van der Waals surface area contributed by atoms with Crippen molar-refractivity contribution in [2.75, 3.05) is 39.3 Å². The van der Waals surface area contributed by atoms with Crippen molar-refractivity contribution in [1.29, 1.82) is 0 Å². The number of carbonyl (C=O) groups is 1. The van der Waals surface area contributed by atoms with Crippen LogP contribution in [0.5, 0.6) is 0 Å². The first-order valence-corrected chi connectivity index (χ1v) is 11.4. The van der Waals surface area contributed by atoms with E-state index in [1.807, 2.05) is 0 Å². The first-order chi connectivity index (χ1) is 13.6. The molecule has 0 atom stereocenters. The Labute approximate surface area is 172 Å². The molecule has 0 unspecified atom stereocenters. The summed E-state index contributed by atoms with van der Waals surface area (Å²) in [6.07, 6.45) is 4.46. The average molecular weight is 407 g/mol. The number of guanidine groups is 1. The van der Waals surface area contributed by atoms with Crippen LogP contribution in [-0.2, 0) is 11.3 Å². The van der Waals surface area contributed by atoms with Crippen LogP contribution in [0.15, 0.2) is 10.4 Å². The van der Waals surface area contributed by atoms with Gasteiger partial charge in [-0.25, -0.2) is 4.98 Å². The van der Waals surface area contributed by atoms with Gasteiger partial charge in [-0.05, 0) is 58.5 Å². The Hall–Kier alpha value is -1.67. The Morgan fingerprint density at radius 1 is 1.21 bits per heavy atom. The van der Waals surface area contributed by atoms with Gasteiger partial charge >= 0.3 is 0 Å². The predicted molar refractivity (Wildman–Crippen MR) is 115 cm³/mol. The van der Waals surface area contributed by atoms with Crippen LogP contribution in [0.2, 0.25) is 0 Å². The summed E-state index contributed by atoms with van der Waals surface area (Å²) in [5.74, 6) is 1.96. The molecule has 2 fully saturated rings. The molecule has 1 aliphatic heterocycles. The highest BCUT2D eigenvalue weighted by Crippen LogP contribution is 2.28. The van der Waals surface area contributed by atoms with Crippen LogP contribution in [-0.4, -0.2) is 61.0 Å². The number of carbonyl (C=O) groups excluding carboxylic acids is 1. The molecule has 0 aromatic carbocycles. The average Bonchev–Trinajstić information content (AvgIpc) is 3.47. The van der Waals surface area contributed by atoms with E-state index in [2.05, 4.69) is 45.1 Å². The number of rotatable bonds is 9. The number of piperidine rings is 1. The van der Waals surface area contributed by atoms with Crippen molar-refractivity contribution in [3.8, 4) is 0 Å². The number of hydrogen-bond acceptors (Lipinski definition) is 5. The maximum absolute atomic E-state index is 11.7. The Kier molecular flexibility index (Phi) is 8.09. The molecule has 8 heteroatoms. The summed E-state index contributed by atoms with van der Waals surface area (Å²) in [5.41, 5.74) is 1.20. The molecule has 0 radical (unpaired) electrons. The molecule has 1 aromatic rings. The highest BCUT2D eigenvalue weighted by molar-refractivity contribution is 7.09. The molecule has 1 saturated carbocycles. The van der Waals surface area contributed by atoms with E-state index < -0.39 is 0 Å². The Morgan fingerprint density at radius 2 is 1.96 bits per heavy atom. The smallest absolute Gasteiger partial charge is 0.223 e. The van der Waals surface area contributed by atoms with E-state index in [-0.39, 0.29) is 11.8 Å². The maximum atomic E-state index is 11.7. The zero-order valence-electron chi connectivity index (χ0n) is 17.2. The van der Waals surface area contributed by atoms with Gasteiger partial charge in [0.15, 0.2) is 5.96 Å². The molecule has 3 rings (SSSR count). The van der Waals surface area contributed by atoms with Gasteiger partial charge in [0.1, 0.15) is 0 Å². The second-order valence-electron chi connectivity index (χ2n) is 7.79. The number of amides is 1. The zero-order chi connectivity index (χ0) is 19.8. The SMILES string of the molecule is CCNC(=NCC1CCN(Cc2csc(C)n2)CC1)NCCNC(=O)C1CC1. The lowest BCUT2D eigenvalue weighted by Gasteiger charge is -2.30. The van der Waals surface area contributed by atoms with Gasteiger partial charge in [0.25, 0.3) is 0 Å². The molecule has 2 aliphatic rings. The Balaban J connectivity index is 1.34. The van der Waals surface area contributed by atoms with E-state index in [4.69, 9.17) is 4.99 Å². The van der Waals surface area contributed by atoms with Crippen molar-refractivity contribution in [3.05, 3.63) is 16.1 Å². The molecule has 0 bridgehead atoms. The lowest BCUT2D eigenvalue weighted by Crippen LogP contribution is -2.42. The van der Waals surface area contributed by atoms with Crippen LogP contribution in [0.4, 0.5) is 0 Å². The van der Waals surface area contributed by atoms with Gasteiger partial charge in [-0.1, -0.05) is 0 Å². The van der Waals surface area contributed by atoms with Crippen LogP contribution < -0.4 is 16.0 Å². The molecule has 1 aliphatic carbocycles. The van der Waals surface area contributed by atoms with Gasteiger partial charge in [-0.2, -0.15) is 0 Å². The van der Waals surface area contributed by atoms with E-state index in [0.29, 0.717) is 19.0 Å². The third-order valence-electron chi connectivity index (χ3n) is 5.28. The van der Waals surface area contributed by atoms with Crippen LogP contribution in [0.1, 0.15) is 43.3 Å². The summed E-state index contributed by atoms with van der Waals surface area (Å²) in [6.45, 7) is 10.4. The third kappa shape index (κ3) is 7.05. The number of aryl methyl sites for hydroxylation is 1. The number of nitrogens with zero attached hydrogens (tertiary/aromatic N) is 3. The van der Waals surface area contributed by atoms with Crippen LogP contribution in [0.25, 0.3) is 0 Å². The molecule has 1 amide bonds. The summed E-state index contributed by atoms with van der Waals surface area (Å²) < 4.78 is 0. The molecular formula is C20H34N6OS. The summed E-state index contributed by atoms with van der Waals surface area (Å²) in [5, 5.41) is 12.9. The lowest BCUT2D eigenvalue weighted by molar-refractivity contribution is -0.122. The number of aliphatic imine (C=N–C) groups is 1. The van der Waals surface area contributed by atoms with Gasteiger partial charge in [0.05, 0.1) is 10.7 Å². The van der Waals surface area contributed by atoms with E-state index in [1.54, 1.807) is 11.3 Å². The highest BCUT2D eigenvalue weighted by Gasteiger charge is 2.29. The van der Waals surface area contributed by atoms with Gasteiger partial charge in [0, 0.05) is 44.0 Å². The topological polar surface area (TPSA) is 81.7 Å². The quantitative estimate of drug-likeness (QED) is 0.331. The Morgan fingerprint density at radius 3 is 2.61 bits per heavy atom. The third-order valence-corrected chi connectivity index (χ3v) is 6.10. The molecule has 28 heavy (non-hydrogen) atoms. The fourth-order valence-electron chi connectivity index (χ4n) is 3.46. The van der Waals surface area contributed by atoms with Crippen LogP contribution in [0.3, 0.4) is 0 Å².